The quantitative estimate of drug-likeness (QED) is 0.0280. The summed E-state index contributed by atoms with van der Waals surface area (Å²) in [6.07, 6.45) is 0. The first-order valence-electron chi connectivity index (χ1n) is 19.9. The number of anilines is 5. The summed E-state index contributed by atoms with van der Waals surface area (Å²) in [6, 6.07) is 12.0. The second kappa shape index (κ2) is 21.4. The molecule has 0 amide bonds. The molecule has 0 radical (unpaired) electrons. The van der Waals surface area contributed by atoms with Crippen molar-refractivity contribution >= 4 is 133 Å². The van der Waals surface area contributed by atoms with Gasteiger partial charge in [-0.15, -0.1) is 20.5 Å². The summed E-state index contributed by atoms with van der Waals surface area (Å²) in [4.78, 5) is 7.10. The normalized spacial score (nSPS) is 13.1. The zero-order valence-corrected chi connectivity index (χ0v) is 43.1. The van der Waals surface area contributed by atoms with Gasteiger partial charge in [-0.25, -0.2) is 21.0 Å². The summed E-state index contributed by atoms with van der Waals surface area (Å²) in [7, 11) is -35.5. The number of rotatable bonds is 21. The standard InChI is InChI=1S/C37H34N10O22S7/c1-2-70(50,51)14-12-47(22-6-4-3-5-7-22)36-40-35(41-37(49)42-36)39-21-8-11-26(72(54,55)56)25(18-21)44-46-33-29(75(63,64)65)17-20-16-28(74(60,61)62)32(31(38)30(20)34(33)48)45-43-24-10-9-23(19-27(24)73(57,58)59)71(52,53)15-13-69-76(66,67)68/h2-11,16-19,48H,1,12-15,38H2,(H,54,55,56)(H,57,58,59)(H,60,61,62)(H,63,64,65)(H,66,67,68)(H2,39,40,41,42,49). The average molecular weight is 1200 g/mol. The Kier molecular flexibility index (Phi) is 16.3. The van der Waals surface area contributed by atoms with Gasteiger partial charge in [-0.1, -0.05) is 24.8 Å². The van der Waals surface area contributed by atoms with Crippen molar-refractivity contribution < 1.29 is 96.1 Å². The first-order chi connectivity index (χ1) is 35.0. The monoisotopic (exact) mass is 1190 g/mol. The van der Waals surface area contributed by atoms with Crippen molar-refractivity contribution in [1.29, 1.82) is 0 Å². The molecular weight excluding hydrogens is 1160 g/mol. The van der Waals surface area contributed by atoms with Crippen molar-refractivity contribution in [3.63, 3.8) is 0 Å². The van der Waals surface area contributed by atoms with Gasteiger partial charge in [-0.3, -0.25) is 22.8 Å². The number of hydrogen-bond acceptors (Lipinski definition) is 27. The van der Waals surface area contributed by atoms with Crippen LogP contribution in [0.25, 0.3) is 10.8 Å². The highest BCUT2D eigenvalue weighted by atomic mass is 32.3. The molecule has 0 aliphatic rings. The smallest absolute Gasteiger partial charge is 0.397 e. The van der Waals surface area contributed by atoms with Crippen LogP contribution in [0.1, 0.15) is 0 Å². The molecule has 0 atom stereocenters. The summed E-state index contributed by atoms with van der Waals surface area (Å²) in [6.45, 7) is 1.83. The van der Waals surface area contributed by atoms with Crippen LogP contribution >= 0.6 is 0 Å². The molecule has 0 saturated heterocycles. The van der Waals surface area contributed by atoms with Gasteiger partial charge in [0, 0.05) is 23.3 Å². The highest BCUT2D eigenvalue weighted by Crippen LogP contribution is 2.49. The van der Waals surface area contributed by atoms with Gasteiger partial charge in [0.05, 0.1) is 34.1 Å². The Hall–Kier alpha value is -7.28. The molecule has 76 heavy (non-hydrogen) atoms. The lowest BCUT2D eigenvalue weighted by atomic mass is 10.1. The number of phenolic OH excluding ortho intramolecular Hbond substituents is 1. The molecule has 32 nitrogen and oxygen atoms in total. The van der Waals surface area contributed by atoms with Gasteiger partial charge >= 0.3 is 16.4 Å². The molecule has 6 aromatic rings. The minimum atomic E-state index is -5.60. The van der Waals surface area contributed by atoms with Crippen molar-refractivity contribution in [2.75, 3.05) is 40.6 Å². The number of phenols is 1. The molecule has 5 aromatic carbocycles. The largest absolute Gasteiger partial charge is 0.505 e. The van der Waals surface area contributed by atoms with Crippen molar-refractivity contribution in [2.24, 2.45) is 20.5 Å². The maximum absolute atomic E-state index is 12.8. The molecular formula is C37H34N10O22S7. The highest BCUT2D eigenvalue weighted by molar-refractivity contribution is 7.94. The summed E-state index contributed by atoms with van der Waals surface area (Å²) in [5.41, 5.74) is 0.949. The van der Waals surface area contributed by atoms with E-state index in [1.807, 2.05) is 0 Å². The molecule has 1 heterocycles. The van der Waals surface area contributed by atoms with Crippen molar-refractivity contribution in [3.8, 4) is 11.8 Å². The van der Waals surface area contributed by atoms with Gasteiger partial charge in [-0.05, 0) is 66.0 Å². The number of nitrogen functional groups attached to an aromatic ring is 1. The van der Waals surface area contributed by atoms with Gasteiger partial charge in [0.1, 0.15) is 42.3 Å². The van der Waals surface area contributed by atoms with Gasteiger partial charge in [-0.2, -0.15) is 57.0 Å². The first-order valence-corrected chi connectivity index (χ1v) is 30.4. The third-order valence-corrected chi connectivity index (χ3v) is 16.7. The third kappa shape index (κ3) is 14.0. The van der Waals surface area contributed by atoms with E-state index in [1.165, 1.54) is 4.90 Å². The predicted octanol–water partition coefficient (Wildman–Crippen LogP) is 3.87. The lowest BCUT2D eigenvalue weighted by molar-refractivity contribution is 0.284. The van der Waals surface area contributed by atoms with Crippen LogP contribution in [0.2, 0.25) is 0 Å². The third-order valence-electron chi connectivity index (χ3n) is 9.81. The number of benzene rings is 5. The molecule has 406 valence electrons. The minimum Gasteiger partial charge on any atom is -0.505 e. The van der Waals surface area contributed by atoms with Gasteiger partial charge < -0.3 is 26.2 Å². The fourth-order valence-corrected chi connectivity index (χ4v) is 11.2. The Morgan fingerprint density at radius 1 is 0.632 bits per heavy atom. The fraction of sp³-hybridized carbons (Fsp3) is 0.108. The molecule has 0 bridgehead atoms. The number of hydrogen-bond donors (Lipinski definition) is 9. The molecule has 0 aliphatic carbocycles. The van der Waals surface area contributed by atoms with E-state index in [9.17, 15) is 87.3 Å². The Bertz CT molecular complexity index is 4250. The second-order valence-corrected chi connectivity index (χ2v) is 25.7. The number of azo groups is 2. The topological polar surface area (TPSA) is 519 Å². The van der Waals surface area contributed by atoms with Crippen LogP contribution in [0.5, 0.6) is 11.8 Å². The number of para-hydroxylation sites is 1. The van der Waals surface area contributed by atoms with Crippen molar-refractivity contribution in [3.05, 3.63) is 90.8 Å². The van der Waals surface area contributed by atoms with E-state index in [-0.39, 0.29) is 18.2 Å². The number of nitrogens with two attached hydrogens (primary N) is 1. The molecule has 0 unspecified atom stereocenters. The maximum Gasteiger partial charge on any atom is 0.397 e. The molecule has 0 fully saturated rings. The van der Waals surface area contributed by atoms with Crippen LogP contribution < -0.4 is 16.0 Å². The number of nitrogens with one attached hydrogen (secondary N) is 1. The molecule has 10 N–H and O–H groups in total. The zero-order valence-electron chi connectivity index (χ0n) is 37.4. The van der Waals surface area contributed by atoms with Crippen molar-refractivity contribution in [2.45, 2.75) is 24.5 Å². The number of aromatic nitrogens is 3. The van der Waals surface area contributed by atoms with Crippen LogP contribution in [0.4, 0.5) is 51.7 Å². The number of aromatic hydroxyl groups is 2. The Balaban J connectivity index is 1.47. The fourth-order valence-electron chi connectivity index (χ4n) is 6.46. The number of sulfone groups is 2. The Morgan fingerprint density at radius 3 is 1.79 bits per heavy atom. The van der Waals surface area contributed by atoms with Crippen LogP contribution in [-0.4, -0.2) is 132 Å². The lowest BCUT2D eigenvalue weighted by Gasteiger charge is -2.22. The van der Waals surface area contributed by atoms with E-state index in [1.54, 1.807) is 30.3 Å². The van der Waals surface area contributed by atoms with Crippen LogP contribution in [-0.2, 0) is 74.7 Å². The summed E-state index contributed by atoms with van der Waals surface area (Å²) < 4.78 is 226. The summed E-state index contributed by atoms with van der Waals surface area (Å²) in [5, 5.41) is 38.1. The van der Waals surface area contributed by atoms with Gasteiger partial charge in [0.25, 0.3) is 40.5 Å². The lowest BCUT2D eigenvalue weighted by Crippen LogP contribution is -2.26. The maximum atomic E-state index is 12.8. The SMILES string of the molecule is C=CS(=O)(=O)CCN(c1ccccc1)c1nc(O)nc(Nc2ccc(S(=O)(=O)O)c(N=Nc3c(S(=O)(=O)O)cc4cc(S(=O)(=O)O)c(N=Nc5ccc(S(=O)(=O)CCOS(=O)(=O)O)cc5S(=O)(=O)O)c(N)c4c3O)c2)n1. The molecule has 39 heteroatoms. The first kappa shape index (κ1) is 58.0. The van der Waals surface area contributed by atoms with Crippen LogP contribution in [0, 0.1) is 0 Å². The summed E-state index contributed by atoms with van der Waals surface area (Å²) in [5.74, 6) is -3.89. The van der Waals surface area contributed by atoms with E-state index < -0.39 is 170 Å². The Labute approximate surface area is 429 Å². The molecule has 0 aliphatic heterocycles. The number of fused-ring (bicyclic) bond motifs is 1. The second-order valence-electron chi connectivity index (χ2n) is 14.9. The van der Waals surface area contributed by atoms with E-state index in [0.29, 0.717) is 36.0 Å². The molecule has 6 rings (SSSR count). The van der Waals surface area contributed by atoms with E-state index in [4.69, 9.17) is 10.3 Å². The zero-order chi connectivity index (χ0) is 56.6. The van der Waals surface area contributed by atoms with E-state index >= 15 is 0 Å². The van der Waals surface area contributed by atoms with Crippen LogP contribution in [0.15, 0.2) is 136 Å². The Morgan fingerprint density at radius 2 is 1.21 bits per heavy atom. The predicted molar refractivity (Wildman–Crippen MR) is 262 cm³/mol. The van der Waals surface area contributed by atoms with E-state index in [0.717, 1.165) is 23.6 Å². The highest BCUT2D eigenvalue weighted by Gasteiger charge is 2.30. The summed E-state index contributed by atoms with van der Waals surface area (Å²) >= 11 is 0. The van der Waals surface area contributed by atoms with E-state index in [2.05, 4.69) is 51.5 Å². The minimum absolute atomic E-state index is 0.230. The number of nitrogens with zero attached hydrogens (tertiary/aromatic N) is 8. The van der Waals surface area contributed by atoms with Crippen molar-refractivity contribution in [1.82, 2.24) is 15.0 Å². The van der Waals surface area contributed by atoms with Gasteiger partial charge in [0.2, 0.25) is 11.9 Å². The molecule has 0 spiro atoms. The molecule has 0 saturated carbocycles. The van der Waals surface area contributed by atoms with Gasteiger partial charge in [0.15, 0.2) is 25.4 Å². The average Bonchev–Trinajstić information content (AvgIpc) is 3.29. The van der Waals surface area contributed by atoms with Crippen LogP contribution in [0.3, 0.4) is 0 Å². The molecule has 1 aromatic heterocycles.